The molecule has 1 N–H and O–H groups in total. The molecule has 1 aromatic heterocycles. The largest absolute Gasteiger partial charge is 0.427 e. The summed E-state index contributed by atoms with van der Waals surface area (Å²) in [5.41, 5.74) is 4.74. The monoisotopic (exact) mass is 630 g/mol. The molecule has 5 aliphatic carbocycles. The molecule has 3 fully saturated rings. The van der Waals surface area contributed by atoms with Crippen LogP contribution in [0.3, 0.4) is 0 Å². The SMILES string of the molecule is CCC1(C=C2OC(=O)C3=C2CCC2C4CCC5(C6=CCC(C)CSSCNc7cc(ccn7)CC4=C5C(=O)O6)C32)CCCC1. The standard InChI is InChI=1S/C36H42N2O4S2/c1-3-35(12-4-5-13-35)18-27-25-8-7-24-23-10-14-36(31(24)30(25)33(39)41-27)28-9-6-21(2)19-43-44-20-38-29-17-22(11-15-37-29)16-26(23)32(36)34(40)42-28/h9,11,15,17-18,21,23-24,31H,3-8,10,12-14,16,19-20H2,1-2H3,(H,37,38). The van der Waals surface area contributed by atoms with Crippen LogP contribution in [0.2, 0.25) is 0 Å². The number of cyclic esters (lactones) is 1. The lowest BCUT2D eigenvalue weighted by atomic mass is 9.44. The highest BCUT2D eigenvalue weighted by atomic mass is 33.1. The van der Waals surface area contributed by atoms with Gasteiger partial charge in [0, 0.05) is 29.0 Å². The zero-order valence-electron chi connectivity index (χ0n) is 25.8. The fraction of sp³-hybridized carbons (Fsp3) is 0.583. The van der Waals surface area contributed by atoms with Gasteiger partial charge in [0.15, 0.2) is 0 Å². The van der Waals surface area contributed by atoms with Gasteiger partial charge in [-0.05, 0) is 111 Å². The second-order valence-corrected chi connectivity index (χ2v) is 16.7. The van der Waals surface area contributed by atoms with Crippen LogP contribution in [-0.2, 0) is 25.5 Å². The minimum atomic E-state index is -0.593. The lowest BCUT2D eigenvalue weighted by Gasteiger charge is -2.56. The van der Waals surface area contributed by atoms with Gasteiger partial charge >= 0.3 is 11.9 Å². The van der Waals surface area contributed by atoms with Crippen LogP contribution in [0, 0.1) is 34.5 Å². The van der Waals surface area contributed by atoms with Crippen molar-refractivity contribution in [3.05, 3.63) is 69.9 Å². The van der Waals surface area contributed by atoms with Crippen molar-refractivity contribution in [3.63, 3.8) is 0 Å². The molecule has 0 amide bonds. The molecule has 7 bridgehead atoms. The lowest BCUT2D eigenvalue weighted by molar-refractivity contribution is -0.135. The zero-order chi connectivity index (χ0) is 30.1. The number of hydrogen-bond donors (Lipinski definition) is 1. The third-order valence-corrected chi connectivity index (χ3v) is 14.3. The Hall–Kier alpha value is -2.45. The van der Waals surface area contributed by atoms with Crippen molar-refractivity contribution in [1.29, 1.82) is 0 Å². The van der Waals surface area contributed by atoms with E-state index in [1.54, 1.807) is 0 Å². The van der Waals surface area contributed by atoms with E-state index in [4.69, 9.17) is 9.47 Å². The number of pyridine rings is 1. The van der Waals surface area contributed by atoms with Crippen LogP contribution in [-0.4, -0.2) is 28.6 Å². The third kappa shape index (κ3) is 4.48. The molecule has 8 heteroatoms. The topological polar surface area (TPSA) is 77.5 Å². The Balaban J connectivity index is 1.29. The summed E-state index contributed by atoms with van der Waals surface area (Å²) in [5, 5.41) is 3.47. The van der Waals surface area contributed by atoms with Crippen molar-refractivity contribution < 1.29 is 19.1 Å². The smallest absolute Gasteiger partial charge is 0.340 e. The first-order valence-electron chi connectivity index (χ1n) is 16.7. The van der Waals surface area contributed by atoms with E-state index in [2.05, 4.69) is 48.4 Å². The molecule has 0 aromatic carbocycles. The van der Waals surface area contributed by atoms with Gasteiger partial charge in [-0.2, -0.15) is 0 Å². The predicted molar refractivity (Wildman–Crippen MR) is 175 cm³/mol. The van der Waals surface area contributed by atoms with Crippen molar-refractivity contribution in [2.75, 3.05) is 16.9 Å². The van der Waals surface area contributed by atoms with Crippen LogP contribution in [0.15, 0.2) is 64.3 Å². The number of carbonyl (C=O) groups excluding carboxylic acids is 2. The first-order valence-corrected chi connectivity index (χ1v) is 19.2. The summed E-state index contributed by atoms with van der Waals surface area (Å²) in [7, 11) is 3.68. The van der Waals surface area contributed by atoms with Gasteiger partial charge in [-0.25, -0.2) is 14.6 Å². The third-order valence-electron chi connectivity index (χ3n) is 11.9. The molecule has 6 nitrogen and oxygen atoms in total. The molecule has 1 saturated heterocycles. The van der Waals surface area contributed by atoms with Gasteiger partial charge in [0.05, 0.1) is 16.9 Å². The van der Waals surface area contributed by atoms with Crippen LogP contribution in [0.25, 0.3) is 0 Å². The summed E-state index contributed by atoms with van der Waals surface area (Å²) in [6.07, 6.45) is 17.6. The van der Waals surface area contributed by atoms with Gasteiger partial charge in [0.2, 0.25) is 0 Å². The zero-order valence-corrected chi connectivity index (χ0v) is 27.4. The maximum absolute atomic E-state index is 14.0. The number of hydrogen-bond acceptors (Lipinski definition) is 8. The Morgan fingerprint density at radius 2 is 1.98 bits per heavy atom. The Morgan fingerprint density at radius 1 is 1.11 bits per heavy atom. The molecule has 4 heterocycles. The van der Waals surface area contributed by atoms with Crippen molar-refractivity contribution in [1.82, 2.24) is 4.98 Å². The number of nitrogens with zero attached hydrogens (tertiary/aromatic N) is 1. The van der Waals surface area contributed by atoms with E-state index >= 15 is 0 Å². The summed E-state index contributed by atoms with van der Waals surface area (Å²) < 4.78 is 12.5. The Morgan fingerprint density at radius 3 is 2.82 bits per heavy atom. The first kappa shape index (κ1) is 29.0. The molecule has 3 aliphatic heterocycles. The van der Waals surface area contributed by atoms with Crippen molar-refractivity contribution >= 4 is 39.3 Å². The summed E-state index contributed by atoms with van der Waals surface area (Å²) in [5.74, 6) is 4.81. The molecule has 1 spiro atoms. The molecule has 5 unspecified atom stereocenters. The van der Waals surface area contributed by atoms with Gasteiger partial charge in [0.25, 0.3) is 0 Å². The van der Waals surface area contributed by atoms with Gasteiger partial charge < -0.3 is 14.8 Å². The minimum absolute atomic E-state index is 0.0743. The van der Waals surface area contributed by atoms with Crippen LogP contribution in [0.5, 0.6) is 0 Å². The second-order valence-electron chi connectivity index (χ2n) is 14.2. The van der Waals surface area contributed by atoms with Crippen LogP contribution in [0.1, 0.15) is 83.6 Å². The van der Waals surface area contributed by atoms with Gasteiger partial charge in [-0.3, -0.25) is 0 Å². The Labute approximate surface area is 268 Å². The van der Waals surface area contributed by atoms with Crippen molar-refractivity contribution in [2.24, 2.45) is 34.5 Å². The predicted octanol–water partition coefficient (Wildman–Crippen LogP) is 8.30. The maximum Gasteiger partial charge on any atom is 0.340 e. The molecule has 8 aliphatic rings. The molecule has 2 saturated carbocycles. The molecule has 0 radical (unpaired) electrons. The Bertz CT molecular complexity index is 1540. The number of carbonyl (C=O) groups is 2. The molecule has 1 aromatic rings. The average molecular weight is 631 g/mol. The van der Waals surface area contributed by atoms with E-state index in [1.165, 1.54) is 18.4 Å². The fourth-order valence-electron chi connectivity index (χ4n) is 9.78. The number of aromatic nitrogens is 1. The number of fused-ring (bicyclic) bond motifs is 3. The summed E-state index contributed by atoms with van der Waals surface area (Å²) in [6.45, 7) is 4.53. The number of nitrogens with one attached hydrogen (secondary N) is 1. The summed E-state index contributed by atoms with van der Waals surface area (Å²) in [6, 6.07) is 4.21. The number of allylic oxidation sites excluding steroid dienone is 5. The Kier molecular flexibility index (Phi) is 7.32. The van der Waals surface area contributed by atoms with Gasteiger partial charge in [0.1, 0.15) is 17.3 Å². The van der Waals surface area contributed by atoms with E-state index < -0.39 is 5.41 Å². The highest BCUT2D eigenvalue weighted by Crippen LogP contribution is 2.70. The van der Waals surface area contributed by atoms with E-state index in [9.17, 15) is 9.59 Å². The maximum atomic E-state index is 14.0. The summed E-state index contributed by atoms with van der Waals surface area (Å²) in [4.78, 5) is 32.6. The van der Waals surface area contributed by atoms with Crippen LogP contribution in [0.4, 0.5) is 5.82 Å². The average Bonchev–Trinajstić information content (AvgIpc) is 3.71. The van der Waals surface area contributed by atoms with E-state index in [-0.39, 0.29) is 29.2 Å². The van der Waals surface area contributed by atoms with Crippen LogP contribution >= 0.6 is 21.6 Å². The molecule has 5 atom stereocenters. The molecular weight excluding hydrogens is 589 g/mol. The van der Waals surface area contributed by atoms with Crippen molar-refractivity contribution in [2.45, 2.75) is 84.5 Å². The lowest BCUT2D eigenvalue weighted by Crippen LogP contribution is -2.52. The van der Waals surface area contributed by atoms with E-state index in [1.807, 2.05) is 27.8 Å². The molecular formula is C36H42N2O4S2. The molecule has 9 rings (SSSR count). The first-order chi connectivity index (χ1) is 21.4. The van der Waals surface area contributed by atoms with Gasteiger partial charge in [-0.15, -0.1) is 0 Å². The molecule has 232 valence electrons. The van der Waals surface area contributed by atoms with Crippen LogP contribution < -0.4 is 5.32 Å². The highest BCUT2D eigenvalue weighted by Gasteiger charge is 2.68. The summed E-state index contributed by atoms with van der Waals surface area (Å²) >= 11 is 0. The minimum Gasteiger partial charge on any atom is -0.427 e. The number of ether oxygens (including phenoxy) is 2. The van der Waals surface area contributed by atoms with E-state index in [0.29, 0.717) is 18.3 Å². The number of rotatable bonds is 2. The normalized spacial score (nSPS) is 35.2. The van der Waals surface area contributed by atoms with Crippen molar-refractivity contribution in [3.8, 4) is 0 Å². The molecule has 44 heavy (non-hydrogen) atoms. The number of esters is 2. The highest BCUT2D eigenvalue weighted by molar-refractivity contribution is 8.76. The van der Waals surface area contributed by atoms with Gasteiger partial charge in [-0.1, -0.05) is 53.9 Å². The quantitative estimate of drug-likeness (QED) is 0.258. The fourth-order valence-corrected chi connectivity index (χ4v) is 11.9. The number of anilines is 1. The second kappa shape index (κ2) is 11.1. The van der Waals surface area contributed by atoms with E-state index in [0.717, 1.165) is 103 Å².